The molecule has 3 fully saturated rings. The lowest BCUT2D eigenvalue weighted by molar-refractivity contribution is -0.227. The first-order chi connectivity index (χ1) is 12.9. The normalized spacial score (nSPS) is 56.1. The summed E-state index contributed by atoms with van der Waals surface area (Å²) in [5.74, 6) is -2.40. The van der Waals surface area contributed by atoms with Gasteiger partial charge in [-0.2, -0.15) is 0 Å². The average Bonchev–Trinajstić information content (AvgIpc) is 2.79. The van der Waals surface area contributed by atoms with Crippen LogP contribution >= 0.6 is 12.2 Å². The maximum Gasteiger partial charge on any atom is 0.190 e. The number of halogens is 3. The van der Waals surface area contributed by atoms with E-state index in [1.165, 1.54) is 0 Å². The summed E-state index contributed by atoms with van der Waals surface area (Å²) in [7, 11) is 0. The lowest BCUT2D eigenvalue weighted by Crippen LogP contribution is -2.70. The van der Waals surface area contributed by atoms with Crippen molar-refractivity contribution in [2.75, 3.05) is 0 Å². The lowest BCUT2D eigenvalue weighted by atomic mass is 9.43. The number of hydrogen-bond acceptors (Lipinski definition) is 3. The van der Waals surface area contributed by atoms with E-state index in [-0.39, 0.29) is 31.3 Å². The van der Waals surface area contributed by atoms with Crippen LogP contribution in [0.2, 0.25) is 0 Å². The van der Waals surface area contributed by atoms with Crippen molar-refractivity contribution in [2.24, 2.45) is 28.6 Å². The van der Waals surface area contributed by atoms with Crippen LogP contribution in [0.3, 0.4) is 0 Å². The number of aliphatic hydroxyl groups excluding tert-OH is 2. The number of fused-ring (bicyclic) bond motifs is 5. The molecule has 0 heterocycles. The molecule has 0 aromatic heterocycles. The van der Waals surface area contributed by atoms with Crippen molar-refractivity contribution in [3.63, 3.8) is 0 Å². The van der Waals surface area contributed by atoms with Gasteiger partial charge in [-0.25, -0.2) is 13.2 Å². The second-order valence-corrected chi connectivity index (χ2v) is 10.4. The zero-order chi connectivity index (χ0) is 20.9. The molecule has 0 unspecified atom stereocenters. The molecule has 158 valence electrons. The molecule has 0 bridgehead atoms. The molecule has 3 nitrogen and oxygen atoms in total. The molecule has 4 aliphatic carbocycles. The largest absolute Gasteiger partial charge is 0.500 e. The van der Waals surface area contributed by atoms with Crippen LogP contribution in [-0.2, 0) is 0 Å². The maximum absolute atomic E-state index is 16.9. The third-order valence-corrected chi connectivity index (χ3v) is 9.35. The third-order valence-electron chi connectivity index (χ3n) is 9.04. The van der Waals surface area contributed by atoms with E-state index in [9.17, 15) is 19.7 Å². The number of hydrogen-bond donors (Lipinski definition) is 3. The van der Waals surface area contributed by atoms with Gasteiger partial charge in [0.15, 0.2) is 5.05 Å². The molecule has 0 aromatic rings. The van der Waals surface area contributed by atoms with E-state index < -0.39 is 63.0 Å². The predicted octanol–water partition coefficient (Wildman–Crippen LogP) is 4.51. The molecular formula is C21H29F3O3S. The topological polar surface area (TPSA) is 60.7 Å². The first-order valence-corrected chi connectivity index (χ1v) is 10.6. The van der Waals surface area contributed by atoms with Gasteiger partial charge in [0.2, 0.25) is 0 Å². The summed E-state index contributed by atoms with van der Waals surface area (Å²) in [6, 6.07) is 0. The second-order valence-electron chi connectivity index (χ2n) is 10.0. The quantitative estimate of drug-likeness (QED) is 0.549. The van der Waals surface area contributed by atoms with Gasteiger partial charge in [-0.05, 0) is 62.6 Å². The van der Waals surface area contributed by atoms with Crippen LogP contribution in [-0.4, -0.2) is 43.9 Å². The van der Waals surface area contributed by atoms with Gasteiger partial charge < -0.3 is 15.3 Å². The Hall–Kier alpha value is -0.660. The molecule has 3 N–H and O–H groups in total. The molecule has 0 saturated heterocycles. The summed E-state index contributed by atoms with van der Waals surface area (Å²) < 4.78 is 46.7. The Kier molecular flexibility index (Phi) is 4.37. The Morgan fingerprint density at radius 3 is 2.46 bits per heavy atom. The summed E-state index contributed by atoms with van der Waals surface area (Å²) in [5.41, 5.74) is -6.55. The van der Waals surface area contributed by atoms with E-state index in [2.05, 4.69) is 0 Å². The number of rotatable bonds is 1. The zero-order valence-corrected chi connectivity index (χ0v) is 17.3. The fourth-order valence-corrected chi connectivity index (χ4v) is 8.08. The summed E-state index contributed by atoms with van der Waals surface area (Å²) in [4.78, 5) is 0. The molecule has 3 saturated carbocycles. The van der Waals surface area contributed by atoms with Gasteiger partial charge in [0.05, 0.1) is 6.10 Å². The highest BCUT2D eigenvalue weighted by molar-refractivity contribution is 7.80. The Bertz CT molecular complexity index is 759. The number of allylic oxidation sites excluding steroid dienone is 2. The molecule has 4 aliphatic rings. The molecule has 0 spiro atoms. The van der Waals surface area contributed by atoms with E-state index in [0.29, 0.717) is 12.8 Å². The van der Waals surface area contributed by atoms with Gasteiger partial charge in [0.25, 0.3) is 0 Å². The monoisotopic (exact) mass is 418 g/mol. The fourth-order valence-electron chi connectivity index (χ4n) is 7.65. The highest BCUT2D eigenvalue weighted by Crippen LogP contribution is 2.72. The number of alkyl halides is 2. The summed E-state index contributed by atoms with van der Waals surface area (Å²) in [6.07, 6.45) is -2.31. The fraction of sp³-hybridized carbons (Fsp3) is 0.857. The minimum absolute atomic E-state index is 0.110. The van der Waals surface area contributed by atoms with Crippen LogP contribution in [0.4, 0.5) is 13.2 Å². The van der Waals surface area contributed by atoms with Crippen molar-refractivity contribution in [1.82, 2.24) is 0 Å². The first-order valence-electron chi connectivity index (χ1n) is 10.2. The number of thiocarbonyl (C=S) groups is 1. The molecule has 7 heteroatoms. The third kappa shape index (κ3) is 2.06. The van der Waals surface area contributed by atoms with Crippen molar-refractivity contribution in [3.8, 4) is 0 Å². The van der Waals surface area contributed by atoms with Gasteiger partial charge in [0.1, 0.15) is 23.3 Å². The van der Waals surface area contributed by atoms with Crippen molar-refractivity contribution in [3.05, 3.63) is 11.4 Å². The Morgan fingerprint density at radius 1 is 1.21 bits per heavy atom. The standard InChI is InChI=1S/C21H29F3O3S/c1-10-7-11-12-8-14(23)16-13(22)5-4-6-18(16,2)20(12,24)15(25)9-19(11,3)21(10,27)17(26)28/h10-12,14-15,25,27H,4-9H2,1-3H3,(H,26,28)/t10-,11-,12-,14-,15-,18-,19-,20-,21-/m0/s1. The van der Waals surface area contributed by atoms with Crippen LogP contribution in [0.15, 0.2) is 11.4 Å². The van der Waals surface area contributed by atoms with Crippen molar-refractivity contribution in [2.45, 2.75) is 82.8 Å². The van der Waals surface area contributed by atoms with Crippen LogP contribution in [0, 0.1) is 28.6 Å². The Morgan fingerprint density at radius 2 is 1.86 bits per heavy atom. The minimum atomic E-state index is -2.19. The second kappa shape index (κ2) is 5.94. The van der Waals surface area contributed by atoms with E-state index >= 15 is 8.78 Å². The molecule has 4 rings (SSSR count). The molecule has 0 aliphatic heterocycles. The lowest BCUT2D eigenvalue weighted by Gasteiger charge is -2.64. The maximum atomic E-state index is 16.9. The van der Waals surface area contributed by atoms with Crippen LogP contribution in [0.5, 0.6) is 0 Å². The SMILES string of the molecule is C[C@H]1C[C@H]2[C@@H]3C[C@H](F)C4=C(F)CCC[C@]4(C)[C@@]3(F)[C@@H](O)C[C@]2(C)[C@@]1(O)C(O)=S. The minimum Gasteiger partial charge on any atom is -0.500 e. The van der Waals surface area contributed by atoms with E-state index in [1.54, 1.807) is 20.8 Å². The van der Waals surface area contributed by atoms with E-state index in [4.69, 9.17) is 12.2 Å². The molecule has 0 radical (unpaired) electrons. The van der Waals surface area contributed by atoms with Crippen molar-refractivity contribution in [1.29, 1.82) is 0 Å². The first kappa shape index (κ1) is 20.6. The molecule has 9 atom stereocenters. The van der Waals surface area contributed by atoms with Crippen molar-refractivity contribution >= 4 is 17.3 Å². The molecular weight excluding hydrogens is 389 g/mol. The number of aliphatic hydroxyl groups is 3. The molecule has 28 heavy (non-hydrogen) atoms. The smallest absolute Gasteiger partial charge is 0.190 e. The van der Waals surface area contributed by atoms with Gasteiger partial charge in [-0.1, -0.05) is 20.8 Å². The Balaban J connectivity index is 1.88. The molecule has 0 amide bonds. The van der Waals surface area contributed by atoms with Crippen LogP contribution in [0.1, 0.15) is 59.3 Å². The highest BCUT2D eigenvalue weighted by atomic mass is 32.1. The van der Waals surface area contributed by atoms with Gasteiger partial charge in [0, 0.05) is 22.3 Å². The molecule has 0 aromatic carbocycles. The summed E-state index contributed by atoms with van der Waals surface area (Å²) >= 11 is 4.95. The van der Waals surface area contributed by atoms with E-state index in [1.807, 2.05) is 0 Å². The van der Waals surface area contributed by atoms with Gasteiger partial charge >= 0.3 is 0 Å². The van der Waals surface area contributed by atoms with Crippen LogP contribution < -0.4 is 0 Å². The highest BCUT2D eigenvalue weighted by Gasteiger charge is 2.76. The summed E-state index contributed by atoms with van der Waals surface area (Å²) in [5, 5.41) is 31.9. The zero-order valence-electron chi connectivity index (χ0n) is 16.5. The summed E-state index contributed by atoms with van der Waals surface area (Å²) in [6.45, 7) is 4.99. The Labute approximate surface area is 169 Å². The van der Waals surface area contributed by atoms with Crippen LogP contribution in [0.25, 0.3) is 0 Å². The van der Waals surface area contributed by atoms with Gasteiger partial charge in [-0.15, -0.1) is 0 Å². The average molecular weight is 419 g/mol. The van der Waals surface area contributed by atoms with Gasteiger partial charge in [-0.3, -0.25) is 0 Å². The predicted molar refractivity (Wildman–Crippen MR) is 103 cm³/mol. The van der Waals surface area contributed by atoms with E-state index in [0.717, 1.165) is 0 Å². The van der Waals surface area contributed by atoms with Crippen molar-refractivity contribution < 1.29 is 28.5 Å².